The molecule has 0 aliphatic carbocycles. The Hall–Kier alpha value is 0.0569. The van der Waals surface area contributed by atoms with E-state index in [0.29, 0.717) is 19.8 Å². The lowest BCUT2D eigenvalue weighted by Crippen LogP contribution is -2.21. The molecule has 0 N–H and O–H groups in total. The molecule has 4 nitrogen and oxygen atoms in total. The highest BCUT2D eigenvalue weighted by atomic mass is 28.3. The fourth-order valence-corrected chi connectivity index (χ4v) is 1.78. The summed E-state index contributed by atoms with van der Waals surface area (Å²) in [6.45, 7) is 1.99. The molecule has 12 heavy (non-hydrogen) atoms. The molecule has 0 aromatic rings. The van der Waals surface area contributed by atoms with E-state index < -0.39 is 9.28 Å². The number of rotatable bonds is 8. The molecule has 0 fully saturated rings. The third-order valence-corrected chi connectivity index (χ3v) is 3.21. The summed E-state index contributed by atoms with van der Waals surface area (Å²) in [4.78, 5) is 0. The lowest BCUT2D eigenvalue weighted by Gasteiger charge is -2.10. The lowest BCUT2D eigenvalue weighted by atomic mass is 10.7. The van der Waals surface area contributed by atoms with Crippen molar-refractivity contribution in [1.82, 2.24) is 0 Å². The molecule has 0 amide bonds. The molecule has 0 saturated carbocycles. The van der Waals surface area contributed by atoms with E-state index >= 15 is 0 Å². The Balaban J connectivity index is 3.06. The first kappa shape index (κ1) is 12.1. The van der Waals surface area contributed by atoms with Crippen molar-refractivity contribution < 1.29 is 18.3 Å². The van der Waals surface area contributed by atoms with Gasteiger partial charge in [0.1, 0.15) is 0 Å². The maximum Gasteiger partial charge on any atom is 0.323 e. The standard InChI is InChI=1S/C7H18O4Si/c1-8-4-5-11-6-7-12(9-2)10-3/h12H,4-7H2,1-3H3. The number of hydrogen-bond acceptors (Lipinski definition) is 4. The van der Waals surface area contributed by atoms with Crippen LogP contribution in [0.2, 0.25) is 6.04 Å². The molecule has 0 radical (unpaired) electrons. The molecule has 0 bridgehead atoms. The van der Waals surface area contributed by atoms with Crippen LogP contribution in [0, 0.1) is 0 Å². The highest BCUT2D eigenvalue weighted by Gasteiger charge is 2.07. The molecule has 0 spiro atoms. The summed E-state index contributed by atoms with van der Waals surface area (Å²) in [6.07, 6.45) is 0. The van der Waals surface area contributed by atoms with Gasteiger partial charge in [0.15, 0.2) is 0 Å². The van der Waals surface area contributed by atoms with Crippen LogP contribution in [0.25, 0.3) is 0 Å². The first-order chi connectivity index (χ1) is 5.85. The van der Waals surface area contributed by atoms with Gasteiger partial charge in [-0.3, -0.25) is 0 Å². The molecule has 0 atom stereocenters. The first-order valence-electron chi connectivity index (χ1n) is 3.97. The lowest BCUT2D eigenvalue weighted by molar-refractivity contribution is 0.0748. The third kappa shape index (κ3) is 6.75. The highest BCUT2D eigenvalue weighted by molar-refractivity contribution is 6.44. The van der Waals surface area contributed by atoms with Crippen LogP contribution in [0.1, 0.15) is 0 Å². The Kier molecular flexibility index (Phi) is 9.19. The Morgan fingerprint density at radius 2 is 1.58 bits per heavy atom. The van der Waals surface area contributed by atoms with Gasteiger partial charge >= 0.3 is 9.28 Å². The maximum absolute atomic E-state index is 5.26. The van der Waals surface area contributed by atoms with Crippen LogP contribution < -0.4 is 0 Å². The van der Waals surface area contributed by atoms with Crippen molar-refractivity contribution in [3.8, 4) is 0 Å². The van der Waals surface area contributed by atoms with Crippen molar-refractivity contribution in [1.29, 1.82) is 0 Å². The van der Waals surface area contributed by atoms with E-state index in [2.05, 4.69) is 0 Å². The minimum atomic E-state index is -1.41. The molecule has 0 aliphatic rings. The Morgan fingerprint density at radius 3 is 2.08 bits per heavy atom. The van der Waals surface area contributed by atoms with E-state index in [1.165, 1.54) is 0 Å². The number of hydrogen-bond donors (Lipinski definition) is 0. The molecule has 0 aromatic carbocycles. The van der Waals surface area contributed by atoms with Crippen molar-refractivity contribution in [2.45, 2.75) is 6.04 Å². The zero-order valence-corrected chi connectivity index (χ0v) is 9.19. The van der Waals surface area contributed by atoms with Gasteiger partial charge in [-0.25, -0.2) is 0 Å². The van der Waals surface area contributed by atoms with Gasteiger partial charge in [-0.05, 0) is 0 Å². The van der Waals surface area contributed by atoms with E-state index in [1.54, 1.807) is 21.3 Å². The molecule has 5 heteroatoms. The van der Waals surface area contributed by atoms with Crippen LogP contribution >= 0.6 is 0 Å². The minimum absolute atomic E-state index is 0.644. The molecule has 74 valence electrons. The normalized spacial score (nSPS) is 11.0. The summed E-state index contributed by atoms with van der Waals surface area (Å²) in [7, 11) is 3.60. The van der Waals surface area contributed by atoms with E-state index in [-0.39, 0.29) is 0 Å². The summed E-state index contributed by atoms with van der Waals surface area (Å²) >= 11 is 0. The second kappa shape index (κ2) is 9.15. The summed E-state index contributed by atoms with van der Waals surface area (Å²) in [5.41, 5.74) is 0. The Bertz CT molecular complexity index is 87.5. The minimum Gasteiger partial charge on any atom is -0.400 e. The Morgan fingerprint density at radius 1 is 0.917 bits per heavy atom. The summed E-state index contributed by atoms with van der Waals surface area (Å²) in [5.74, 6) is 0. The summed E-state index contributed by atoms with van der Waals surface area (Å²) < 4.78 is 20.3. The highest BCUT2D eigenvalue weighted by Crippen LogP contribution is 1.94. The van der Waals surface area contributed by atoms with Gasteiger partial charge in [0, 0.05) is 34.0 Å². The van der Waals surface area contributed by atoms with E-state index in [4.69, 9.17) is 18.3 Å². The smallest absolute Gasteiger partial charge is 0.323 e. The van der Waals surface area contributed by atoms with Crippen LogP contribution in [0.5, 0.6) is 0 Å². The summed E-state index contributed by atoms with van der Waals surface area (Å²) in [5, 5.41) is 0. The number of methoxy groups -OCH3 is 1. The Labute approximate surface area is 75.6 Å². The van der Waals surface area contributed by atoms with E-state index in [0.717, 1.165) is 6.04 Å². The second-order valence-electron chi connectivity index (χ2n) is 2.29. The average Bonchev–Trinajstić information content (AvgIpc) is 2.11. The summed E-state index contributed by atoms with van der Waals surface area (Å²) in [6, 6.07) is 0.886. The van der Waals surface area contributed by atoms with Crippen LogP contribution in [-0.2, 0) is 18.3 Å². The topological polar surface area (TPSA) is 36.9 Å². The van der Waals surface area contributed by atoms with Gasteiger partial charge in [-0.1, -0.05) is 0 Å². The largest absolute Gasteiger partial charge is 0.400 e. The quantitative estimate of drug-likeness (QED) is 0.407. The van der Waals surface area contributed by atoms with E-state index in [1.807, 2.05) is 0 Å². The van der Waals surface area contributed by atoms with Gasteiger partial charge in [0.2, 0.25) is 0 Å². The molecular weight excluding hydrogens is 176 g/mol. The fraction of sp³-hybridized carbons (Fsp3) is 1.00. The fourth-order valence-electron chi connectivity index (χ4n) is 0.756. The monoisotopic (exact) mass is 194 g/mol. The third-order valence-electron chi connectivity index (χ3n) is 1.46. The maximum atomic E-state index is 5.26. The zero-order valence-electron chi connectivity index (χ0n) is 8.04. The molecule has 0 heterocycles. The number of ether oxygens (including phenoxy) is 2. The van der Waals surface area contributed by atoms with Crippen molar-refractivity contribution in [3.05, 3.63) is 0 Å². The van der Waals surface area contributed by atoms with Crippen molar-refractivity contribution in [3.63, 3.8) is 0 Å². The first-order valence-corrected chi connectivity index (χ1v) is 5.73. The molecule has 0 rings (SSSR count). The van der Waals surface area contributed by atoms with E-state index in [9.17, 15) is 0 Å². The van der Waals surface area contributed by atoms with Crippen LogP contribution in [-0.4, -0.2) is 50.4 Å². The average molecular weight is 194 g/mol. The molecule has 0 aromatic heterocycles. The van der Waals surface area contributed by atoms with Gasteiger partial charge in [-0.2, -0.15) is 0 Å². The second-order valence-corrected chi connectivity index (χ2v) is 4.67. The van der Waals surface area contributed by atoms with Crippen LogP contribution in [0.3, 0.4) is 0 Å². The van der Waals surface area contributed by atoms with Crippen LogP contribution in [0.15, 0.2) is 0 Å². The SMILES string of the molecule is COCCOCC[SiH](OC)OC. The van der Waals surface area contributed by atoms with Gasteiger partial charge in [0.05, 0.1) is 13.2 Å². The van der Waals surface area contributed by atoms with Crippen molar-refractivity contribution in [2.75, 3.05) is 41.2 Å². The van der Waals surface area contributed by atoms with Gasteiger partial charge in [0.25, 0.3) is 0 Å². The van der Waals surface area contributed by atoms with Crippen LogP contribution in [0.4, 0.5) is 0 Å². The molecule has 0 saturated heterocycles. The van der Waals surface area contributed by atoms with Crippen molar-refractivity contribution in [2.24, 2.45) is 0 Å². The van der Waals surface area contributed by atoms with Gasteiger partial charge < -0.3 is 18.3 Å². The van der Waals surface area contributed by atoms with Crippen molar-refractivity contribution >= 4 is 9.28 Å². The molecule has 0 aliphatic heterocycles. The zero-order chi connectivity index (χ0) is 9.23. The molecule has 0 unspecified atom stereocenters. The predicted molar refractivity (Wildman–Crippen MR) is 48.7 cm³/mol. The molecular formula is C7H18O4Si. The predicted octanol–water partition coefficient (Wildman–Crippen LogP) is 0.163. The van der Waals surface area contributed by atoms with Gasteiger partial charge in [-0.15, -0.1) is 0 Å².